The molecule has 0 radical (unpaired) electrons. The molecule has 3 aromatic heterocycles. The Kier molecular flexibility index (Phi) is 6.65. The van der Waals surface area contributed by atoms with Gasteiger partial charge in [-0.05, 0) is 31.0 Å². The summed E-state index contributed by atoms with van der Waals surface area (Å²) in [4.78, 5) is 32.1. The maximum Gasteiger partial charge on any atom is 0.328 e. The van der Waals surface area contributed by atoms with Gasteiger partial charge in [0.25, 0.3) is 0 Å². The molecule has 1 aliphatic rings. The number of anilines is 3. The fourth-order valence-electron chi connectivity index (χ4n) is 3.83. The van der Waals surface area contributed by atoms with Crippen molar-refractivity contribution in [1.82, 2.24) is 19.9 Å². The topological polar surface area (TPSA) is 119 Å². The molecular formula is C22H24ClN7O2. The number of nitrogens with zero attached hydrogens (tertiary/aromatic N) is 5. The van der Waals surface area contributed by atoms with Gasteiger partial charge in [0.1, 0.15) is 12.1 Å². The molecular weight excluding hydrogens is 430 g/mol. The van der Waals surface area contributed by atoms with E-state index >= 15 is 0 Å². The molecule has 32 heavy (non-hydrogen) atoms. The Bertz CT molecular complexity index is 1110. The van der Waals surface area contributed by atoms with Crippen LogP contribution in [0.25, 0.3) is 11.3 Å². The van der Waals surface area contributed by atoms with Crippen molar-refractivity contribution in [3.63, 3.8) is 0 Å². The van der Waals surface area contributed by atoms with Crippen LogP contribution in [0, 0.1) is 0 Å². The Hall–Kier alpha value is -3.46. The van der Waals surface area contributed by atoms with Crippen LogP contribution in [-0.4, -0.2) is 39.1 Å². The predicted octanol–water partition coefficient (Wildman–Crippen LogP) is 4.55. The van der Waals surface area contributed by atoms with Gasteiger partial charge in [-0.1, -0.05) is 30.9 Å². The van der Waals surface area contributed by atoms with Crippen LogP contribution in [0.1, 0.15) is 32.1 Å². The Balaban J connectivity index is 1.71. The first-order valence-corrected chi connectivity index (χ1v) is 10.8. The summed E-state index contributed by atoms with van der Waals surface area (Å²) in [5.74, 6) is 1.08. The van der Waals surface area contributed by atoms with Gasteiger partial charge in [-0.15, -0.1) is 0 Å². The van der Waals surface area contributed by atoms with Gasteiger partial charge in [0.2, 0.25) is 5.88 Å². The maximum atomic E-state index is 13.5. The minimum absolute atomic E-state index is 0.0324. The zero-order valence-electron chi connectivity index (χ0n) is 17.7. The average Bonchev–Trinajstić information content (AvgIpc) is 2.81. The van der Waals surface area contributed by atoms with Crippen molar-refractivity contribution >= 4 is 35.0 Å². The van der Waals surface area contributed by atoms with Crippen LogP contribution >= 0.6 is 11.6 Å². The first-order chi connectivity index (χ1) is 15.5. The third kappa shape index (κ3) is 4.88. The predicted molar refractivity (Wildman–Crippen MR) is 124 cm³/mol. The number of carbonyl (C=O) groups excluding carboxylic acids is 1. The second-order valence-corrected chi connectivity index (χ2v) is 7.98. The van der Waals surface area contributed by atoms with Crippen molar-refractivity contribution in [1.29, 1.82) is 0 Å². The number of rotatable bonds is 5. The zero-order valence-corrected chi connectivity index (χ0v) is 18.4. The van der Waals surface area contributed by atoms with Gasteiger partial charge < -0.3 is 10.5 Å². The molecule has 0 unspecified atom stereocenters. The molecule has 2 amide bonds. The Morgan fingerprint density at radius 1 is 1.19 bits per heavy atom. The SMILES string of the molecule is COc1cc(NC(=O)N(c2nc(-c3cncc(Cl)c3)ccc2N)C2CCCCC2)ncn1. The number of carbonyl (C=O) groups is 1. The highest BCUT2D eigenvalue weighted by Crippen LogP contribution is 2.33. The van der Waals surface area contributed by atoms with E-state index in [1.165, 1.54) is 13.4 Å². The number of aromatic nitrogens is 4. The summed E-state index contributed by atoms with van der Waals surface area (Å²) < 4.78 is 5.13. The normalized spacial score (nSPS) is 14.1. The molecule has 10 heteroatoms. The molecule has 0 aromatic carbocycles. The largest absolute Gasteiger partial charge is 0.481 e. The lowest BCUT2D eigenvalue weighted by atomic mass is 9.94. The van der Waals surface area contributed by atoms with Crippen molar-refractivity contribution in [2.24, 2.45) is 0 Å². The molecule has 9 nitrogen and oxygen atoms in total. The Morgan fingerprint density at radius 3 is 2.75 bits per heavy atom. The van der Waals surface area contributed by atoms with E-state index in [2.05, 4.69) is 20.3 Å². The summed E-state index contributed by atoms with van der Waals surface area (Å²) >= 11 is 6.10. The fraction of sp³-hybridized carbons (Fsp3) is 0.318. The first kappa shape index (κ1) is 21.8. The van der Waals surface area contributed by atoms with Gasteiger partial charge in [0.05, 0.1) is 23.5 Å². The molecule has 1 saturated carbocycles. The van der Waals surface area contributed by atoms with Crippen LogP contribution < -0.4 is 20.7 Å². The summed E-state index contributed by atoms with van der Waals surface area (Å²) in [6.45, 7) is 0. The van der Waals surface area contributed by atoms with Gasteiger partial charge in [-0.3, -0.25) is 15.2 Å². The number of halogens is 1. The first-order valence-electron chi connectivity index (χ1n) is 10.4. The van der Waals surface area contributed by atoms with E-state index in [1.54, 1.807) is 41.6 Å². The Morgan fingerprint density at radius 2 is 2.00 bits per heavy atom. The number of methoxy groups -OCH3 is 1. The summed E-state index contributed by atoms with van der Waals surface area (Å²) in [6, 6.07) is 6.47. The van der Waals surface area contributed by atoms with Gasteiger partial charge in [-0.2, -0.15) is 0 Å². The molecule has 4 rings (SSSR count). The highest BCUT2D eigenvalue weighted by atomic mass is 35.5. The highest BCUT2D eigenvalue weighted by molar-refractivity contribution is 6.30. The molecule has 0 bridgehead atoms. The van der Waals surface area contributed by atoms with E-state index in [4.69, 9.17) is 27.1 Å². The van der Waals surface area contributed by atoms with Crippen LogP contribution in [0.2, 0.25) is 5.02 Å². The van der Waals surface area contributed by atoms with Crippen molar-refractivity contribution < 1.29 is 9.53 Å². The van der Waals surface area contributed by atoms with Crippen molar-refractivity contribution in [3.05, 3.63) is 48.0 Å². The number of pyridine rings is 2. The minimum atomic E-state index is -0.363. The number of nitrogens with two attached hydrogens (primary N) is 1. The highest BCUT2D eigenvalue weighted by Gasteiger charge is 2.30. The minimum Gasteiger partial charge on any atom is -0.481 e. The zero-order chi connectivity index (χ0) is 22.5. The molecule has 1 fully saturated rings. The maximum absolute atomic E-state index is 13.5. The smallest absolute Gasteiger partial charge is 0.328 e. The van der Waals surface area contributed by atoms with Crippen LogP contribution in [0.3, 0.4) is 0 Å². The van der Waals surface area contributed by atoms with E-state index in [9.17, 15) is 4.79 Å². The quantitative estimate of drug-likeness (QED) is 0.581. The fourth-order valence-corrected chi connectivity index (χ4v) is 4.00. The third-order valence-electron chi connectivity index (χ3n) is 5.38. The lowest BCUT2D eigenvalue weighted by Gasteiger charge is -2.34. The van der Waals surface area contributed by atoms with E-state index in [1.807, 2.05) is 0 Å². The van der Waals surface area contributed by atoms with E-state index in [0.717, 1.165) is 37.7 Å². The number of ether oxygens (including phenoxy) is 1. The van der Waals surface area contributed by atoms with Crippen LogP contribution in [0.5, 0.6) is 5.88 Å². The van der Waals surface area contributed by atoms with Crippen molar-refractivity contribution in [2.45, 2.75) is 38.1 Å². The molecule has 0 spiro atoms. The molecule has 166 valence electrons. The number of urea groups is 1. The number of hydrogen-bond acceptors (Lipinski definition) is 7. The number of amides is 2. The summed E-state index contributed by atoms with van der Waals surface area (Å²) in [5.41, 5.74) is 8.08. The van der Waals surface area contributed by atoms with Crippen LogP contribution in [0.15, 0.2) is 43.0 Å². The molecule has 0 aliphatic heterocycles. The molecule has 1 aliphatic carbocycles. The second-order valence-electron chi connectivity index (χ2n) is 7.54. The standard InChI is InChI=1S/C22H24ClN7O2/c1-32-20-10-19(26-13-27-20)29-22(31)30(16-5-3-2-4-6-16)21-17(24)7-8-18(28-21)14-9-15(23)12-25-11-14/h7-13,16H,2-6,24H2,1H3,(H,26,27,29,31). The van der Waals surface area contributed by atoms with Gasteiger partial charge in [-0.25, -0.2) is 19.7 Å². The lowest BCUT2D eigenvalue weighted by Crippen LogP contribution is -2.45. The van der Waals surface area contributed by atoms with E-state index in [0.29, 0.717) is 33.9 Å². The summed E-state index contributed by atoms with van der Waals surface area (Å²) in [5, 5.41) is 3.34. The third-order valence-corrected chi connectivity index (χ3v) is 5.59. The number of hydrogen-bond donors (Lipinski definition) is 2. The van der Waals surface area contributed by atoms with Crippen molar-refractivity contribution in [3.8, 4) is 17.1 Å². The molecule has 0 atom stereocenters. The van der Waals surface area contributed by atoms with Crippen LogP contribution in [0.4, 0.5) is 22.1 Å². The monoisotopic (exact) mass is 453 g/mol. The van der Waals surface area contributed by atoms with Gasteiger partial charge >= 0.3 is 6.03 Å². The Labute approximate surface area is 191 Å². The van der Waals surface area contributed by atoms with Gasteiger partial charge in [0, 0.05) is 30.1 Å². The van der Waals surface area contributed by atoms with Crippen molar-refractivity contribution in [2.75, 3.05) is 23.1 Å². The number of nitrogen functional groups attached to an aromatic ring is 1. The number of nitrogens with one attached hydrogen (secondary N) is 1. The van der Waals surface area contributed by atoms with E-state index in [-0.39, 0.29) is 12.1 Å². The summed E-state index contributed by atoms with van der Waals surface area (Å²) in [7, 11) is 1.50. The van der Waals surface area contributed by atoms with Gasteiger partial charge in [0.15, 0.2) is 5.82 Å². The average molecular weight is 454 g/mol. The molecule has 0 saturated heterocycles. The molecule has 3 N–H and O–H groups in total. The second kappa shape index (κ2) is 9.78. The molecule has 3 heterocycles. The van der Waals surface area contributed by atoms with Crippen LogP contribution in [-0.2, 0) is 0 Å². The van der Waals surface area contributed by atoms with E-state index < -0.39 is 0 Å². The summed E-state index contributed by atoms with van der Waals surface area (Å²) in [6.07, 6.45) is 9.51. The lowest BCUT2D eigenvalue weighted by molar-refractivity contribution is 0.252. The molecule has 3 aromatic rings.